The third-order valence-electron chi connectivity index (χ3n) is 3.38. The first kappa shape index (κ1) is 16.0. The van der Waals surface area contributed by atoms with Gasteiger partial charge in [-0.3, -0.25) is 15.1 Å². The van der Waals surface area contributed by atoms with Crippen LogP contribution in [0.1, 0.15) is 28.6 Å². The third kappa shape index (κ3) is 3.55. The SMILES string of the molecule is O=C(Oc1ccc(C2OCCCO2)cc1[N+](=O)[O-])c1cccnc1. The average Bonchev–Trinajstić information content (AvgIpc) is 2.63. The molecule has 0 radical (unpaired) electrons. The second-order valence-electron chi connectivity index (χ2n) is 5.04. The Morgan fingerprint density at radius 3 is 2.75 bits per heavy atom. The van der Waals surface area contributed by atoms with E-state index in [0.29, 0.717) is 18.8 Å². The van der Waals surface area contributed by atoms with Crippen LogP contribution in [-0.2, 0) is 9.47 Å². The summed E-state index contributed by atoms with van der Waals surface area (Å²) in [6.45, 7) is 1.05. The lowest BCUT2D eigenvalue weighted by Crippen LogP contribution is -2.18. The molecule has 0 aliphatic carbocycles. The minimum absolute atomic E-state index is 0.145. The standard InChI is InChI=1S/C16H14N2O6/c19-15(12-3-1-6-17-10-12)24-14-5-4-11(9-13(14)18(20)21)16-22-7-2-8-23-16/h1,3-6,9-10,16H,2,7-8H2. The van der Waals surface area contributed by atoms with Crippen LogP contribution in [0.4, 0.5) is 5.69 Å². The fraction of sp³-hybridized carbons (Fsp3) is 0.250. The summed E-state index contributed by atoms with van der Waals surface area (Å²) in [6.07, 6.45) is 2.96. The molecule has 0 spiro atoms. The van der Waals surface area contributed by atoms with Crippen LogP contribution in [0, 0.1) is 10.1 Å². The van der Waals surface area contributed by atoms with Gasteiger partial charge in [-0.2, -0.15) is 0 Å². The van der Waals surface area contributed by atoms with E-state index in [-0.39, 0.29) is 17.0 Å². The Labute approximate surface area is 137 Å². The zero-order chi connectivity index (χ0) is 16.9. The summed E-state index contributed by atoms with van der Waals surface area (Å²) in [6, 6.07) is 7.32. The average molecular weight is 330 g/mol. The van der Waals surface area contributed by atoms with Crippen molar-refractivity contribution in [1.82, 2.24) is 4.98 Å². The molecule has 1 fully saturated rings. The van der Waals surface area contributed by atoms with Crippen LogP contribution in [-0.4, -0.2) is 29.1 Å². The van der Waals surface area contributed by atoms with Crippen molar-refractivity contribution in [3.05, 3.63) is 64.0 Å². The molecule has 2 heterocycles. The fourth-order valence-electron chi connectivity index (χ4n) is 2.23. The Balaban J connectivity index is 1.85. The molecule has 1 aliphatic heterocycles. The molecular weight excluding hydrogens is 316 g/mol. The summed E-state index contributed by atoms with van der Waals surface area (Å²) >= 11 is 0. The summed E-state index contributed by atoms with van der Waals surface area (Å²) in [4.78, 5) is 26.5. The third-order valence-corrected chi connectivity index (χ3v) is 3.38. The number of esters is 1. The van der Waals surface area contributed by atoms with Crippen molar-refractivity contribution >= 4 is 11.7 Å². The van der Waals surface area contributed by atoms with Crippen molar-refractivity contribution in [3.8, 4) is 5.75 Å². The van der Waals surface area contributed by atoms with Crippen LogP contribution in [0.25, 0.3) is 0 Å². The zero-order valence-corrected chi connectivity index (χ0v) is 12.6. The van der Waals surface area contributed by atoms with Crippen molar-refractivity contribution in [2.24, 2.45) is 0 Å². The number of hydrogen-bond donors (Lipinski definition) is 0. The van der Waals surface area contributed by atoms with E-state index in [1.807, 2.05) is 0 Å². The van der Waals surface area contributed by atoms with Crippen LogP contribution in [0.5, 0.6) is 5.75 Å². The normalized spacial score (nSPS) is 15.0. The molecule has 1 aliphatic rings. The molecule has 124 valence electrons. The van der Waals surface area contributed by atoms with Crippen LogP contribution < -0.4 is 4.74 Å². The fourth-order valence-corrected chi connectivity index (χ4v) is 2.23. The summed E-state index contributed by atoms with van der Waals surface area (Å²) in [5.41, 5.74) is 0.375. The van der Waals surface area contributed by atoms with Crippen LogP contribution in [0.15, 0.2) is 42.7 Å². The van der Waals surface area contributed by atoms with Gasteiger partial charge >= 0.3 is 11.7 Å². The zero-order valence-electron chi connectivity index (χ0n) is 12.6. The van der Waals surface area contributed by atoms with Gasteiger partial charge in [0.25, 0.3) is 0 Å². The van der Waals surface area contributed by atoms with Crippen molar-refractivity contribution in [2.45, 2.75) is 12.7 Å². The lowest BCUT2D eigenvalue weighted by Gasteiger charge is -2.23. The monoisotopic (exact) mass is 330 g/mol. The van der Waals surface area contributed by atoms with Crippen molar-refractivity contribution in [3.63, 3.8) is 0 Å². The number of rotatable bonds is 4. The van der Waals surface area contributed by atoms with Gasteiger partial charge in [0.1, 0.15) is 0 Å². The molecule has 0 unspecified atom stereocenters. The Morgan fingerprint density at radius 2 is 2.08 bits per heavy atom. The molecule has 1 saturated heterocycles. The highest BCUT2D eigenvalue weighted by atomic mass is 16.7. The molecule has 2 aromatic rings. The highest BCUT2D eigenvalue weighted by molar-refractivity contribution is 5.91. The number of carbonyl (C=O) groups excluding carboxylic acids is 1. The molecule has 0 atom stereocenters. The van der Waals surface area contributed by atoms with Crippen LogP contribution in [0.2, 0.25) is 0 Å². The smallest absolute Gasteiger partial charge is 0.345 e. The lowest BCUT2D eigenvalue weighted by molar-refractivity contribution is -0.385. The van der Waals surface area contributed by atoms with Gasteiger partial charge in [-0.05, 0) is 30.7 Å². The number of nitro benzene ring substituents is 1. The molecule has 8 nitrogen and oxygen atoms in total. The molecule has 8 heteroatoms. The highest BCUT2D eigenvalue weighted by Crippen LogP contribution is 2.33. The number of nitrogens with zero attached hydrogens (tertiary/aromatic N) is 2. The van der Waals surface area contributed by atoms with Crippen molar-refractivity contribution in [1.29, 1.82) is 0 Å². The predicted molar refractivity (Wildman–Crippen MR) is 81.6 cm³/mol. The maximum atomic E-state index is 12.0. The largest absolute Gasteiger partial charge is 0.416 e. The Morgan fingerprint density at radius 1 is 1.29 bits per heavy atom. The van der Waals surface area contributed by atoms with Gasteiger partial charge in [0.05, 0.1) is 23.7 Å². The molecule has 1 aromatic heterocycles. The molecule has 1 aromatic carbocycles. The van der Waals surface area contributed by atoms with Crippen LogP contribution in [0.3, 0.4) is 0 Å². The number of ether oxygens (including phenoxy) is 3. The molecule has 0 saturated carbocycles. The highest BCUT2D eigenvalue weighted by Gasteiger charge is 2.24. The van der Waals surface area contributed by atoms with Gasteiger partial charge in [-0.25, -0.2) is 4.79 Å². The number of carbonyl (C=O) groups is 1. The molecule has 0 amide bonds. The van der Waals surface area contributed by atoms with Gasteiger partial charge in [0.2, 0.25) is 5.75 Å². The van der Waals surface area contributed by atoms with Gasteiger partial charge in [-0.15, -0.1) is 0 Å². The van der Waals surface area contributed by atoms with Gasteiger partial charge < -0.3 is 14.2 Å². The first-order valence-corrected chi connectivity index (χ1v) is 7.29. The second-order valence-corrected chi connectivity index (χ2v) is 5.04. The molecule has 24 heavy (non-hydrogen) atoms. The molecule has 3 rings (SSSR count). The number of benzene rings is 1. The maximum absolute atomic E-state index is 12.0. The number of aromatic nitrogens is 1. The quantitative estimate of drug-likeness (QED) is 0.367. The van der Waals surface area contributed by atoms with Crippen LogP contribution >= 0.6 is 0 Å². The Hall–Kier alpha value is -2.84. The topological polar surface area (TPSA) is 101 Å². The van der Waals surface area contributed by atoms with E-state index in [1.54, 1.807) is 12.1 Å². The first-order valence-electron chi connectivity index (χ1n) is 7.29. The minimum Gasteiger partial charge on any atom is -0.416 e. The van der Waals surface area contributed by atoms with Gasteiger partial charge in [0.15, 0.2) is 6.29 Å². The summed E-state index contributed by atoms with van der Waals surface area (Å²) in [5, 5.41) is 11.3. The number of pyridine rings is 1. The maximum Gasteiger partial charge on any atom is 0.345 e. The van der Waals surface area contributed by atoms with Gasteiger partial charge in [0, 0.05) is 24.0 Å². The van der Waals surface area contributed by atoms with E-state index >= 15 is 0 Å². The minimum atomic E-state index is -0.718. The van der Waals surface area contributed by atoms with E-state index < -0.39 is 17.2 Å². The van der Waals surface area contributed by atoms with Crippen molar-refractivity contribution in [2.75, 3.05) is 13.2 Å². The second kappa shape index (κ2) is 7.16. The lowest BCUT2D eigenvalue weighted by atomic mass is 10.1. The molecular formula is C16H14N2O6. The summed E-state index contributed by atoms with van der Waals surface area (Å²) in [5.74, 6) is -0.863. The van der Waals surface area contributed by atoms with E-state index in [4.69, 9.17) is 14.2 Å². The summed E-state index contributed by atoms with van der Waals surface area (Å²) < 4.78 is 16.0. The van der Waals surface area contributed by atoms with E-state index in [9.17, 15) is 14.9 Å². The first-order chi connectivity index (χ1) is 11.6. The van der Waals surface area contributed by atoms with E-state index in [1.165, 1.54) is 30.6 Å². The van der Waals surface area contributed by atoms with E-state index in [2.05, 4.69) is 4.98 Å². The number of hydrogen-bond acceptors (Lipinski definition) is 7. The van der Waals surface area contributed by atoms with Crippen molar-refractivity contribution < 1.29 is 23.9 Å². The summed E-state index contributed by atoms with van der Waals surface area (Å²) in [7, 11) is 0. The van der Waals surface area contributed by atoms with Gasteiger partial charge in [-0.1, -0.05) is 0 Å². The Bertz CT molecular complexity index is 743. The molecule has 0 N–H and O–H groups in total. The predicted octanol–water partition coefficient (Wildman–Crippen LogP) is 2.64. The van der Waals surface area contributed by atoms with E-state index in [0.717, 1.165) is 6.42 Å². The Kier molecular flexibility index (Phi) is 4.78. The molecule has 0 bridgehead atoms. The number of nitro groups is 1.